The van der Waals surface area contributed by atoms with Crippen molar-refractivity contribution in [1.29, 1.82) is 0 Å². The predicted molar refractivity (Wildman–Crippen MR) is 109 cm³/mol. The third kappa shape index (κ3) is 7.75. The van der Waals surface area contributed by atoms with Gasteiger partial charge in [0.25, 0.3) is 0 Å². The molecule has 0 saturated heterocycles. The number of fused-ring (bicyclic) bond motifs is 1. The van der Waals surface area contributed by atoms with Crippen LogP contribution < -0.4 is 4.72 Å². The molecule has 1 aliphatic rings. The van der Waals surface area contributed by atoms with Gasteiger partial charge in [0, 0.05) is 6.20 Å². The van der Waals surface area contributed by atoms with Crippen LogP contribution in [0.2, 0.25) is 0 Å². The van der Waals surface area contributed by atoms with Gasteiger partial charge in [-0.05, 0) is 37.3 Å². The van der Waals surface area contributed by atoms with Crippen molar-refractivity contribution < 1.29 is 8.42 Å². The van der Waals surface area contributed by atoms with E-state index in [-0.39, 0.29) is 11.8 Å². The summed E-state index contributed by atoms with van der Waals surface area (Å²) in [5.74, 6) is 0.238. The molecule has 26 heavy (non-hydrogen) atoms. The van der Waals surface area contributed by atoms with Gasteiger partial charge in [-0.15, -0.1) is 0 Å². The van der Waals surface area contributed by atoms with E-state index >= 15 is 0 Å². The van der Waals surface area contributed by atoms with Crippen LogP contribution in [0.4, 0.5) is 0 Å². The van der Waals surface area contributed by atoms with Crippen molar-refractivity contribution in [3.05, 3.63) is 29.6 Å². The highest BCUT2D eigenvalue weighted by Gasteiger charge is 2.25. The molecule has 4 nitrogen and oxygen atoms in total. The highest BCUT2D eigenvalue weighted by Crippen LogP contribution is 2.28. The molecule has 1 aromatic heterocycles. The van der Waals surface area contributed by atoms with Crippen molar-refractivity contribution in [3.63, 3.8) is 0 Å². The van der Waals surface area contributed by atoms with Crippen LogP contribution in [0.1, 0.15) is 101 Å². The van der Waals surface area contributed by atoms with E-state index in [1.807, 2.05) is 6.07 Å². The Kier molecular flexibility index (Phi) is 9.62. The van der Waals surface area contributed by atoms with Crippen LogP contribution in [0.3, 0.4) is 0 Å². The number of pyridine rings is 1. The van der Waals surface area contributed by atoms with Crippen molar-refractivity contribution in [1.82, 2.24) is 9.71 Å². The van der Waals surface area contributed by atoms with Gasteiger partial charge in [0.05, 0.1) is 17.5 Å². The normalized spacial score (nSPS) is 17.2. The van der Waals surface area contributed by atoms with Crippen molar-refractivity contribution in [2.45, 2.75) is 96.4 Å². The quantitative estimate of drug-likeness (QED) is 0.472. The van der Waals surface area contributed by atoms with E-state index in [2.05, 4.69) is 22.7 Å². The first kappa shape index (κ1) is 21.4. The fourth-order valence-electron chi connectivity index (χ4n) is 3.78. The second kappa shape index (κ2) is 11.7. The lowest BCUT2D eigenvalue weighted by Gasteiger charge is -2.24. The molecule has 0 bridgehead atoms. The molecule has 0 aromatic carbocycles. The number of sulfonamides is 1. The van der Waals surface area contributed by atoms with Crippen LogP contribution in [-0.4, -0.2) is 19.2 Å². The summed E-state index contributed by atoms with van der Waals surface area (Å²) in [5, 5.41) is 0. The third-order valence-electron chi connectivity index (χ3n) is 5.28. The van der Waals surface area contributed by atoms with Crippen LogP contribution in [0.25, 0.3) is 0 Å². The first-order valence-electron chi connectivity index (χ1n) is 10.6. The molecule has 0 radical (unpaired) electrons. The molecule has 1 N–H and O–H groups in total. The Morgan fingerprint density at radius 2 is 1.69 bits per heavy atom. The van der Waals surface area contributed by atoms with Crippen molar-refractivity contribution in [3.8, 4) is 0 Å². The van der Waals surface area contributed by atoms with E-state index < -0.39 is 10.0 Å². The number of aromatic nitrogens is 1. The van der Waals surface area contributed by atoms with Gasteiger partial charge in [-0.25, -0.2) is 13.1 Å². The summed E-state index contributed by atoms with van der Waals surface area (Å²) in [5.41, 5.74) is 2.11. The van der Waals surface area contributed by atoms with Crippen molar-refractivity contribution in [2.75, 3.05) is 5.75 Å². The van der Waals surface area contributed by atoms with Gasteiger partial charge in [0.15, 0.2) is 0 Å². The standard InChI is InChI=1S/C21H36N2O2S/c1-2-3-4-5-6-7-8-9-10-11-18-26(24,25)23-20-16-12-14-19-15-13-17-22-21(19)20/h13,15,17,20,23H,2-12,14,16,18H2,1H3. The number of rotatable bonds is 13. The maximum atomic E-state index is 12.4. The predicted octanol–water partition coefficient (Wildman–Crippen LogP) is 5.30. The molecule has 1 aliphatic carbocycles. The monoisotopic (exact) mass is 380 g/mol. The molecule has 1 unspecified atom stereocenters. The maximum Gasteiger partial charge on any atom is 0.212 e. The highest BCUT2D eigenvalue weighted by molar-refractivity contribution is 7.89. The molecule has 0 amide bonds. The lowest BCUT2D eigenvalue weighted by atomic mass is 9.93. The van der Waals surface area contributed by atoms with Crippen LogP contribution in [0.5, 0.6) is 0 Å². The summed E-state index contributed by atoms with van der Waals surface area (Å²) in [7, 11) is -3.22. The van der Waals surface area contributed by atoms with Crippen molar-refractivity contribution >= 4 is 10.0 Å². The van der Waals surface area contributed by atoms with Gasteiger partial charge < -0.3 is 0 Å². The van der Waals surface area contributed by atoms with Crippen LogP contribution in [0.15, 0.2) is 18.3 Å². The number of nitrogens with zero attached hydrogens (tertiary/aromatic N) is 1. The number of hydrogen-bond acceptors (Lipinski definition) is 3. The molecule has 2 rings (SSSR count). The first-order valence-corrected chi connectivity index (χ1v) is 12.2. The largest absolute Gasteiger partial charge is 0.259 e. The van der Waals surface area contributed by atoms with E-state index in [1.54, 1.807) is 6.20 Å². The fraction of sp³-hybridized carbons (Fsp3) is 0.762. The Labute approximate surface area is 160 Å². The number of unbranched alkanes of at least 4 members (excludes halogenated alkanes) is 9. The minimum absolute atomic E-state index is 0.145. The summed E-state index contributed by atoms with van der Waals surface area (Å²) in [4.78, 5) is 4.41. The van der Waals surface area contributed by atoms with Crippen LogP contribution in [0, 0.1) is 0 Å². The Morgan fingerprint density at radius 1 is 1.04 bits per heavy atom. The molecule has 148 valence electrons. The minimum atomic E-state index is -3.22. The van der Waals surface area contributed by atoms with Gasteiger partial charge in [-0.2, -0.15) is 0 Å². The molecule has 1 heterocycles. The summed E-state index contributed by atoms with van der Waals surface area (Å²) in [6, 6.07) is 3.85. The van der Waals surface area contributed by atoms with Gasteiger partial charge in [-0.3, -0.25) is 4.98 Å². The van der Waals surface area contributed by atoms with Crippen LogP contribution >= 0.6 is 0 Å². The number of hydrogen-bond donors (Lipinski definition) is 1. The second-order valence-electron chi connectivity index (χ2n) is 7.61. The lowest BCUT2D eigenvalue weighted by molar-refractivity contribution is 0.494. The lowest BCUT2D eigenvalue weighted by Crippen LogP contribution is -2.33. The van der Waals surface area contributed by atoms with E-state index in [0.29, 0.717) is 0 Å². The van der Waals surface area contributed by atoms with E-state index in [1.165, 1.54) is 50.5 Å². The number of aryl methyl sites for hydroxylation is 1. The average Bonchev–Trinajstić information content (AvgIpc) is 2.63. The first-order chi connectivity index (χ1) is 12.6. The topological polar surface area (TPSA) is 59.1 Å². The van der Waals surface area contributed by atoms with Crippen molar-refractivity contribution in [2.24, 2.45) is 0 Å². The zero-order chi connectivity index (χ0) is 18.7. The van der Waals surface area contributed by atoms with Crippen LogP contribution in [-0.2, 0) is 16.4 Å². The maximum absolute atomic E-state index is 12.4. The SMILES string of the molecule is CCCCCCCCCCCCS(=O)(=O)NC1CCCc2cccnc21. The zero-order valence-corrected chi connectivity index (χ0v) is 17.2. The molecule has 0 saturated carbocycles. The molecule has 5 heteroatoms. The molecule has 0 spiro atoms. The van der Waals surface area contributed by atoms with Gasteiger partial charge in [0.1, 0.15) is 0 Å². The molecule has 0 fully saturated rings. The molecular formula is C21H36N2O2S. The summed E-state index contributed by atoms with van der Waals surface area (Å²) >= 11 is 0. The Morgan fingerprint density at radius 3 is 2.38 bits per heavy atom. The number of nitrogens with one attached hydrogen (secondary N) is 1. The Bertz CT molecular complexity index is 616. The van der Waals surface area contributed by atoms with Gasteiger partial charge in [0.2, 0.25) is 10.0 Å². The smallest absolute Gasteiger partial charge is 0.212 e. The van der Waals surface area contributed by atoms with E-state index in [9.17, 15) is 8.42 Å². The summed E-state index contributed by atoms with van der Waals surface area (Å²) < 4.78 is 27.7. The second-order valence-corrected chi connectivity index (χ2v) is 9.48. The zero-order valence-electron chi connectivity index (χ0n) is 16.4. The molecule has 1 aromatic rings. The highest BCUT2D eigenvalue weighted by atomic mass is 32.2. The Hall–Kier alpha value is -0.940. The third-order valence-corrected chi connectivity index (χ3v) is 6.75. The van der Waals surface area contributed by atoms with Gasteiger partial charge >= 0.3 is 0 Å². The Balaban J connectivity index is 1.61. The molecule has 0 aliphatic heterocycles. The summed E-state index contributed by atoms with van der Waals surface area (Å²) in [6.45, 7) is 2.24. The van der Waals surface area contributed by atoms with E-state index in [0.717, 1.165) is 44.2 Å². The molecular weight excluding hydrogens is 344 g/mol. The van der Waals surface area contributed by atoms with E-state index in [4.69, 9.17) is 0 Å². The van der Waals surface area contributed by atoms with Gasteiger partial charge in [-0.1, -0.05) is 70.8 Å². The average molecular weight is 381 g/mol. The fourth-order valence-corrected chi connectivity index (χ4v) is 5.14. The summed E-state index contributed by atoms with van der Waals surface area (Å²) in [6.07, 6.45) is 16.8. The molecule has 1 atom stereocenters. The minimum Gasteiger partial charge on any atom is -0.259 e.